The quantitative estimate of drug-likeness (QED) is 0.680. The summed E-state index contributed by atoms with van der Waals surface area (Å²) in [7, 11) is 0. The number of carbonyl (C=O) groups excluding carboxylic acids is 2. The van der Waals surface area contributed by atoms with Gasteiger partial charge in [-0.25, -0.2) is 0 Å². The minimum atomic E-state index is -0.486. The molecule has 1 aromatic carbocycles. The summed E-state index contributed by atoms with van der Waals surface area (Å²) >= 11 is 1.70. The van der Waals surface area contributed by atoms with Crippen LogP contribution in [0.1, 0.15) is 61.7 Å². The molecule has 2 N–H and O–H groups in total. The van der Waals surface area contributed by atoms with Gasteiger partial charge in [0.25, 0.3) is 5.91 Å². The van der Waals surface area contributed by atoms with Crippen LogP contribution in [0.4, 0.5) is 0 Å². The SMILES string of the molecule is CSCCC(NC(=O)c1ccccc1)C(=O)NC1CCCN(C2CCCCC2)C1. The topological polar surface area (TPSA) is 61.4 Å². The summed E-state index contributed by atoms with van der Waals surface area (Å²) in [5, 5.41) is 6.20. The number of hydrogen-bond donors (Lipinski definition) is 2. The molecule has 29 heavy (non-hydrogen) atoms. The molecule has 1 saturated heterocycles. The molecule has 2 unspecified atom stereocenters. The Bertz CT molecular complexity index is 649. The molecule has 0 spiro atoms. The predicted octanol–water partition coefficient (Wildman–Crippen LogP) is 3.45. The molecule has 160 valence electrons. The van der Waals surface area contributed by atoms with Crippen molar-refractivity contribution in [2.24, 2.45) is 0 Å². The molecule has 0 bridgehead atoms. The van der Waals surface area contributed by atoms with Gasteiger partial charge in [-0.2, -0.15) is 11.8 Å². The van der Waals surface area contributed by atoms with Gasteiger partial charge in [-0.3, -0.25) is 14.5 Å². The van der Waals surface area contributed by atoms with Crippen LogP contribution in [0.3, 0.4) is 0 Å². The summed E-state index contributed by atoms with van der Waals surface area (Å²) in [5.74, 6) is 0.615. The zero-order valence-electron chi connectivity index (χ0n) is 17.6. The van der Waals surface area contributed by atoms with Gasteiger partial charge in [-0.1, -0.05) is 37.5 Å². The lowest BCUT2D eigenvalue weighted by Crippen LogP contribution is -2.55. The van der Waals surface area contributed by atoms with Gasteiger partial charge >= 0.3 is 0 Å². The van der Waals surface area contributed by atoms with Crippen molar-refractivity contribution in [1.29, 1.82) is 0 Å². The Labute approximate surface area is 179 Å². The van der Waals surface area contributed by atoms with E-state index in [-0.39, 0.29) is 17.9 Å². The molecule has 5 nitrogen and oxygen atoms in total. The maximum atomic E-state index is 13.0. The Morgan fingerprint density at radius 1 is 1.10 bits per heavy atom. The van der Waals surface area contributed by atoms with Gasteiger partial charge < -0.3 is 10.6 Å². The van der Waals surface area contributed by atoms with Gasteiger partial charge in [0.15, 0.2) is 0 Å². The summed E-state index contributed by atoms with van der Waals surface area (Å²) in [6.07, 6.45) is 11.4. The van der Waals surface area contributed by atoms with Crippen molar-refractivity contribution in [2.45, 2.75) is 69.5 Å². The Kier molecular flexibility index (Phi) is 8.87. The fourth-order valence-electron chi connectivity index (χ4n) is 4.54. The molecule has 1 saturated carbocycles. The smallest absolute Gasteiger partial charge is 0.251 e. The standard InChI is InChI=1S/C23H35N3O2S/c1-29-16-14-21(25-22(27)18-9-4-2-5-10-18)23(28)24-19-11-8-15-26(17-19)20-12-6-3-7-13-20/h2,4-5,9-10,19-21H,3,6-8,11-17H2,1H3,(H,24,28)(H,25,27). The zero-order chi connectivity index (χ0) is 20.5. The summed E-state index contributed by atoms with van der Waals surface area (Å²) in [6.45, 7) is 2.09. The van der Waals surface area contributed by atoms with Crippen LogP contribution in [-0.4, -0.2) is 59.9 Å². The lowest BCUT2D eigenvalue weighted by atomic mass is 9.92. The van der Waals surface area contributed by atoms with E-state index in [0.717, 1.165) is 31.7 Å². The number of likely N-dealkylation sites (tertiary alicyclic amines) is 1. The van der Waals surface area contributed by atoms with Gasteiger partial charge in [-0.15, -0.1) is 0 Å². The fraction of sp³-hybridized carbons (Fsp3) is 0.652. The maximum absolute atomic E-state index is 13.0. The first-order chi connectivity index (χ1) is 14.2. The van der Waals surface area contributed by atoms with Crippen LogP contribution in [0, 0.1) is 0 Å². The third kappa shape index (κ3) is 6.75. The van der Waals surface area contributed by atoms with Gasteiger partial charge in [0.1, 0.15) is 6.04 Å². The van der Waals surface area contributed by atoms with E-state index in [1.807, 2.05) is 24.5 Å². The van der Waals surface area contributed by atoms with E-state index >= 15 is 0 Å². The molecule has 1 aliphatic carbocycles. The molecule has 1 aromatic rings. The Morgan fingerprint density at radius 3 is 2.59 bits per heavy atom. The monoisotopic (exact) mass is 417 g/mol. The summed E-state index contributed by atoms with van der Waals surface area (Å²) in [5.41, 5.74) is 0.593. The molecule has 2 atom stereocenters. The minimum absolute atomic E-state index is 0.0428. The van der Waals surface area contributed by atoms with E-state index in [4.69, 9.17) is 0 Å². The van der Waals surface area contributed by atoms with Crippen LogP contribution >= 0.6 is 11.8 Å². The van der Waals surface area contributed by atoms with E-state index in [1.165, 1.54) is 32.1 Å². The first-order valence-corrected chi connectivity index (χ1v) is 12.5. The molecule has 2 amide bonds. The number of carbonyl (C=O) groups is 2. The minimum Gasteiger partial charge on any atom is -0.350 e. The summed E-state index contributed by atoms with van der Waals surface area (Å²) in [6, 6.07) is 9.51. The molecular weight excluding hydrogens is 382 g/mol. The van der Waals surface area contributed by atoms with Crippen LogP contribution in [-0.2, 0) is 4.79 Å². The second-order valence-electron chi connectivity index (χ2n) is 8.31. The molecule has 3 rings (SSSR count). The van der Waals surface area contributed by atoms with Gasteiger partial charge in [0.2, 0.25) is 5.91 Å². The van der Waals surface area contributed by atoms with Crippen LogP contribution in [0.25, 0.3) is 0 Å². The fourth-order valence-corrected chi connectivity index (χ4v) is 5.01. The molecule has 1 heterocycles. The number of amides is 2. The van der Waals surface area contributed by atoms with Crippen LogP contribution in [0.2, 0.25) is 0 Å². The summed E-state index contributed by atoms with van der Waals surface area (Å²) in [4.78, 5) is 28.2. The molecule has 0 radical (unpaired) electrons. The number of piperidine rings is 1. The van der Waals surface area contributed by atoms with Gasteiger partial charge in [0, 0.05) is 24.2 Å². The number of benzene rings is 1. The average Bonchev–Trinajstić information content (AvgIpc) is 2.77. The first-order valence-electron chi connectivity index (χ1n) is 11.1. The molecule has 2 aliphatic rings. The van der Waals surface area contributed by atoms with Crippen molar-refractivity contribution in [3.05, 3.63) is 35.9 Å². The van der Waals surface area contributed by atoms with Crippen LogP contribution in [0.15, 0.2) is 30.3 Å². The highest BCUT2D eigenvalue weighted by Gasteiger charge is 2.29. The predicted molar refractivity (Wildman–Crippen MR) is 120 cm³/mol. The normalized spacial score (nSPS) is 22.0. The van der Waals surface area contributed by atoms with Crippen molar-refractivity contribution in [3.63, 3.8) is 0 Å². The Hall–Kier alpha value is -1.53. The molecular formula is C23H35N3O2S. The van der Waals surface area contributed by atoms with Crippen LogP contribution < -0.4 is 10.6 Å². The van der Waals surface area contributed by atoms with E-state index in [2.05, 4.69) is 15.5 Å². The van der Waals surface area contributed by atoms with Crippen molar-refractivity contribution < 1.29 is 9.59 Å². The lowest BCUT2D eigenvalue weighted by Gasteiger charge is -2.40. The Morgan fingerprint density at radius 2 is 1.86 bits per heavy atom. The van der Waals surface area contributed by atoms with Crippen molar-refractivity contribution in [3.8, 4) is 0 Å². The molecule has 2 fully saturated rings. The highest BCUT2D eigenvalue weighted by atomic mass is 32.2. The molecule has 6 heteroatoms. The highest BCUT2D eigenvalue weighted by Crippen LogP contribution is 2.25. The van der Waals surface area contributed by atoms with Gasteiger partial charge in [-0.05, 0) is 62.8 Å². The largest absolute Gasteiger partial charge is 0.350 e. The average molecular weight is 418 g/mol. The number of hydrogen-bond acceptors (Lipinski definition) is 4. The maximum Gasteiger partial charge on any atom is 0.251 e. The molecule has 0 aromatic heterocycles. The third-order valence-corrected chi connectivity index (χ3v) is 6.80. The third-order valence-electron chi connectivity index (χ3n) is 6.16. The van der Waals surface area contributed by atoms with Crippen LogP contribution in [0.5, 0.6) is 0 Å². The van der Waals surface area contributed by atoms with Gasteiger partial charge in [0.05, 0.1) is 0 Å². The number of nitrogens with one attached hydrogen (secondary N) is 2. The second-order valence-corrected chi connectivity index (χ2v) is 9.29. The summed E-state index contributed by atoms with van der Waals surface area (Å²) < 4.78 is 0. The lowest BCUT2D eigenvalue weighted by molar-refractivity contribution is -0.124. The van der Waals surface area contributed by atoms with E-state index in [1.54, 1.807) is 23.9 Å². The van der Waals surface area contributed by atoms with E-state index < -0.39 is 6.04 Å². The number of thioether (sulfide) groups is 1. The Balaban J connectivity index is 1.56. The van der Waals surface area contributed by atoms with Crippen molar-refractivity contribution in [2.75, 3.05) is 25.1 Å². The zero-order valence-corrected chi connectivity index (χ0v) is 18.4. The van der Waals surface area contributed by atoms with Crippen molar-refractivity contribution in [1.82, 2.24) is 15.5 Å². The second kappa shape index (κ2) is 11.6. The molecule has 1 aliphatic heterocycles. The first kappa shape index (κ1) is 22.2. The number of rotatable bonds is 8. The van der Waals surface area contributed by atoms with E-state index in [9.17, 15) is 9.59 Å². The highest BCUT2D eigenvalue weighted by molar-refractivity contribution is 7.98. The number of nitrogens with zero attached hydrogens (tertiary/aromatic N) is 1. The van der Waals surface area contributed by atoms with E-state index in [0.29, 0.717) is 18.0 Å². The van der Waals surface area contributed by atoms with Crippen molar-refractivity contribution >= 4 is 23.6 Å².